The first kappa shape index (κ1) is 22.4. The molecule has 7 nitrogen and oxygen atoms in total. The number of rotatable bonds is 7. The second kappa shape index (κ2) is 9.23. The number of carbonyl (C=O) groups excluding carboxylic acids is 1. The molecule has 0 spiro atoms. The summed E-state index contributed by atoms with van der Waals surface area (Å²) in [5, 5.41) is 3.02. The number of nitrogens with one attached hydrogen (secondary N) is 2. The molecule has 0 fully saturated rings. The first-order valence-corrected chi connectivity index (χ1v) is 10.7. The summed E-state index contributed by atoms with van der Waals surface area (Å²) in [4.78, 5) is 12.6. The van der Waals surface area contributed by atoms with E-state index >= 15 is 0 Å². The number of hydrogen-bond acceptors (Lipinski definition) is 5. The molecule has 3 aromatic carbocycles. The van der Waals surface area contributed by atoms with Crippen LogP contribution in [-0.4, -0.2) is 28.5 Å². The molecular weight excluding hydrogens is 447 g/mol. The van der Waals surface area contributed by atoms with Crippen LogP contribution in [0.2, 0.25) is 5.02 Å². The summed E-state index contributed by atoms with van der Waals surface area (Å²) >= 11 is 5.97. The third-order valence-electron chi connectivity index (χ3n) is 4.23. The molecule has 1 amide bonds. The van der Waals surface area contributed by atoms with Crippen LogP contribution < -0.4 is 19.5 Å². The van der Waals surface area contributed by atoms with Crippen molar-refractivity contribution in [2.24, 2.45) is 0 Å². The van der Waals surface area contributed by atoms with E-state index in [4.69, 9.17) is 21.1 Å². The maximum atomic E-state index is 13.1. The predicted octanol–water partition coefficient (Wildman–Crippen LogP) is 4.55. The van der Waals surface area contributed by atoms with Gasteiger partial charge in [0.15, 0.2) is 0 Å². The number of ether oxygens (including phenoxy) is 2. The molecular formula is C21H18ClFN2O5S. The van der Waals surface area contributed by atoms with Crippen LogP contribution in [0.5, 0.6) is 11.5 Å². The minimum Gasteiger partial charge on any atom is -0.496 e. The van der Waals surface area contributed by atoms with Crippen LogP contribution in [0.15, 0.2) is 65.6 Å². The summed E-state index contributed by atoms with van der Waals surface area (Å²) in [6, 6.07) is 13.4. The van der Waals surface area contributed by atoms with Crippen molar-refractivity contribution in [1.29, 1.82) is 0 Å². The first-order chi connectivity index (χ1) is 14.7. The quantitative estimate of drug-likeness (QED) is 0.535. The number of carbonyl (C=O) groups is 1. The van der Waals surface area contributed by atoms with Gasteiger partial charge in [0.05, 0.1) is 30.4 Å². The van der Waals surface area contributed by atoms with Gasteiger partial charge in [0.1, 0.15) is 17.3 Å². The predicted molar refractivity (Wildman–Crippen MR) is 116 cm³/mol. The Morgan fingerprint density at radius 1 is 0.935 bits per heavy atom. The van der Waals surface area contributed by atoms with Crippen LogP contribution in [0.3, 0.4) is 0 Å². The molecule has 0 bridgehead atoms. The van der Waals surface area contributed by atoms with Crippen molar-refractivity contribution in [3.63, 3.8) is 0 Å². The fourth-order valence-corrected chi connectivity index (χ4v) is 3.97. The molecule has 0 aliphatic carbocycles. The van der Waals surface area contributed by atoms with E-state index in [2.05, 4.69) is 10.0 Å². The van der Waals surface area contributed by atoms with Crippen molar-refractivity contribution >= 4 is 38.9 Å². The fourth-order valence-electron chi connectivity index (χ4n) is 2.74. The molecule has 0 saturated carbocycles. The zero-order chi connectivity index (χ0) is 22.6. The van der Waals surface area contributed by atoms with Crippen LogP contribution in [0.1, 0.15) is 10.4 Å². The number of benzene rings is 3. The Bertz CT molecular complexity index is 1220. The lowest BCUT2D eigenvalue weighted by atomic mass is 10.1. The Morgan fingerprint density at radius 2 is 1.58 bits per heavy atom. The molecule has 0 aliphatic heterocycles. The van der Waals surface area contributed by atoms with Crippen LogP contribution in [-0.2, 0) is 10.0 Å². The van der Waals surface area contributed by atoms with E-state index in [1.54, 1.807) is 18.2 Å². The molecule has 0 heterocycles. The van der Waals surface area contributed by atoms with E-state index < -0.39 is 21.7 Å². The first-order valence-electron chi connectivity index (χ1n) is 8.85. The van der Waals surface area contributed by atoms with Gasteiger partial charge >= 0.3 is 0 Å². The minimum absolute atomic E-state index is 0.0858. The van der Waals surface area contributed by atoms with Gasteiger partial charge in [-0.25, -0.2) is 12.8 Å². The maximum absolute atomic E-state index is 13.1. The minimum atomic E-state index is -4.02. The zero-order valence-corrected chi connectivity index (χ0v) is 18.1. The van der Waals surface area contributed by atoms with Crippen molar-refractivity contribution in [1.82, 2.24) is 0 Å². The van der Waals surface area contributed by atoms with Crippen molar-refractivity contribution in [3.05, 3.63) is 77.1 Å². The number of halogens is 2. The molecule has 3 aromatic rings. The van der Waals surface area contributed by atoms with Crippen LogP contribution in [0.25, 0.3) is 0 Å². The molecule has 2 N–H and O–H groups in total. The van der Waals surface area contributed by atoms with Gasteiger partial charge in [-0.15, -0.1) is 0 Å². The van der Waals surface area contributed by atoms with E-state index in [9.17, 15) is 17.6 Å². The Morgan fingerprint density at radius 3 is 2.23 bits per heavy atom. The van der Waals surface area contributed by atoms with Gasteiger partial charge < -0.3 is 14.8 Å². The summed E-state index contributed by atoms with van der Waals surface area (Å²) in [6.07, 6.45) is 0. The van der Waals surface area contributed by atoms with E-state index in [1.807, 2.05) is 0 Å². The highest BCUT2D eigenvalue weighted by Gasteiger charge is 2.18. The van der Waals surface area contributed by atoms with Gasteiger partial charge in [-0.3, -0.25) is 9.52 Å². The molecule has 31 heavy (non-hydrogen) atoms. The average Bonchev–Trinajstić information content (AvgIpc) is 2.74. The lowest BCUT2D eigenvalue weighted by Crippen LogP contribution is -2.15. The highest BCUT2D eigenvalue weighted by atomic mass is 35.5. The van der Waals surface area contributed by atoms with Crippen molar-refractivity contribution in [2.75, 3.05) is 24.3 Å². The molecule has 0 aliphatic rings. The molecule has 0 radical (unpaired) electrons. The Balaban J connectivity index is 1.90. The number of hydrogen-bond donors (Lipinski definition) is 2. The van der Waals surface area contributed by atoms with Crippen molar-refractivity contribution in [3.8, 4) is 11.5 Å². The number of methoxy groups -OCH3 is 2. The number of anilines is 2. The van der Waals surface area contributed by atoms with Gasteiger partial charge in [0, 0.05) is 10.7 Å². The van der Waals surface area contributed by atoms with Crippen molar-refractivity contribution in [2.45, 2.75) is 4.90 Å². The lowest BCUT2D eigenvalue weighted by molar-refractivity contribution is 0.102. The topological polar surface area (TPSA) is 93.7 Å². The second-order valence-corrected chi connectivity index (χ2v) is 8.39. The molecule has 162 valence electrons. The Kier molecular flexibility index (Phi) is 6.67. The van der Waals surface area contributed by atoms with E-state index in [0.717, 1.165) is 24.3 Å². The Hall–Kier alpha value is -3.30. The fraction of sp³-hybridized carbons (Fsp3) is 0.0952. The number of amides is 1. The zero-order valence-electron chi connectivity index (χ0n) is 16.5. The average molecular weight is 465 g/mol. The van der Waals surface area contributed by atoms with Gasteiger partial charge in [-0.1, -0.05) is 11.6 Å². The van der Waals surface area contributed by atoms with Gasteiger partial charge in [-0.05, 0) is 60.7 Å². The largest absolute Gasteiger partial charge is 0.496 e. The monoisotopic (exact) mass is 464 g/mol. The molecule has 3 rings (SSSR count). The maximum Gasteiger partial charge on any atom is 0.262 e. The summed E-state index contributed by atoms with van der Waals surface area (Å²) < 4.78 is 51.2. The molecule has 0 saturated heterocycles. The third-order valence-corrected chi connectivity index (χ3v) is 5.85. The SMILES string of the molecule is COc1ccc(NC(=O)c2cc(Cl)ccc2OC)cc1NS(=O)(=O)c1ccc(F)cc1. The standard InChI is InChI=1S/C21H18ClFN2O5S/c1-29-19-9-3-13(22)11-17(19)21(26)24-15-6-10-20(30-2)18(12-15)25-31(27,28)16-7-4-14(23)5-8-16/h3-12,25H,1-2H3,(H,24,26). The molecule has 0 unspecified atom stereocenters. The highest BCUT2D eigenvalue weighted by molar-refractivity contribution is 7.92. The van der Waals surface area contributed by atoms with Crippen LogP contribution in [0.4, 0.5) is 15.8 Å². The Labute approximate surface area is 183 Å². The molecule has 0 aromatic heterocycles. The summed E-state index contributed by atoms with van der Waals surface area (Å²) in [6.45, 7) is 0. The van der Waals surface area contributed by atoms with Gasteiger partial charge in [0.25, 0.3) is 15.9 Å². The second-order valence-electron chi connectivity index (χ2n) is 6.27. The molecule has 0 atom stereocenters. The van der Waals surface area contributed by atoms with E-state index in [-0.39, 0.29) is 21.9 Å². The van der Waals surface area contributed by atoms with Crippen molar-refractivity contribution < 1.29 is 27.1 Å². The van der Waals surface area contributed by atoms with E-state index in [0.29, 0.717) is 16.5 Å². The summed E-state index contributed by atoms with van der Waals surface area (Å²) in [7, 11) is -1.22. The van der Waals surface area contributed by atoms with Gasteiger partial charge in [-0.2, -0.15) is 0 Å². The summed E-state index contributed by atoms with van der Waals surface area (Å²) in [5.41, 5.74) is 0.589. The lowest BCUT2D eigenvalue weighted by Gasteiger charge is -2.15. The number of sulfonamides is 1. The van der Waals surface area contributed by atoms with Crippen LogP contribution in [0, 0.1) is 5.82 Å². The van der Waals surface area contributed by atoms with Crippen LogP contribution >= 0.6 is 11.6 Å². The highest BCUT2D eigenvalue weighted by Crippen LogP contribution is 2.31. The van der Waals surface area contributed by atoms with E-state index in [1.165, 1.54) is 32.4 Å². The van der Waals surface area contributed by atoms with Gasteiger partial charge in [0.2, 0.25) is 0 Å². The summed E-state index contributed by atoms with van der Waals surface area (Å²) in [5.74, 6) is -0.508. The smallest absolute Gasteiger partial charge is 0.262 e. The normalized spacial score (nSPS) is 11.0. The molecule has 10 heteroatoms. The third kappa shape index (κ3) is 5.25.